The van der Waals surface area contributed by atoms with Crippen LogP contribution in [0.2, 0.25) is 0 Å². The summed E-state index contributed by atoms with van der Waals surface area (Å²) in [5.74, 6) is -0.0924. The number of hydrogen-bond donors (Lipinski definition) is 1. The summed E-state index contributed by atoms with van der Waals surface area (Å²) in [6, 6.07) is 9.96. The lowest BCUT2D eigenvalue weighted by Gasteiger charge is -2.32. The average molecular weight is 451 g/mol. The molecule has 0 spiro atoms. The zero-order valence-corrected chi connectivity index (χ0v) is 19.7. The Morgan fingerprint density at radius 1 is 1.06 bits per heavy atom. The predicted octanol–water partition coefficient (Wildman–Crippen LogP) is 1.41. The van der Waals surface area contributed by atoms with Crippen LogP contribution in [-0.4, -0.2) is 93.6 Å². The van der Waals surface area contributed by atoms with Gasteiger partial charge in [0, 0.05) is 45.8 Å². The lowest BCUT2D eigenvalue weighted by Crippen LogP contribution is -2.47. The summed E-state index contributed by atoms with van der Waals surface area (Å²) >= 11 is 0. The van der Waals surface area contributed by atoms with Crippen LogP contribution in [-0.2, 0) is 21.2 Å². The Morgan fingerprint density at radius 3 is 2.55 bits per heavy atom. The van der Waals surface area contributed by atoms with Crippen LogP contribution in [0.3, 0.4) is 0 Å². The molecule has 2 saturated heterocycles. The second kappa shape index (κ2) is 11.9. The van der Waals surface area contributed by atoms with Gasteiger partial charge >= 0.3 is 0 Å². The van der Waals surface area contributed by atoms with Crippen LogP contribution >= 0.6 is 0 Å². The predicted molar refractivity (Wildman–Crippen MR) is 124 cm³/mol. The van der Waals surface area contributed by atoms with E-state index in [0.29, 0.717) is 26.1 Å². The number of carbonyl (C=O) groups is 1. The fraction of sp³-hybridized carbons (Fsp3) is 0.696. The minimum atomic E-state index is -3.32. The summed E-state index contributed by atoms with van der Waals surface area (Å²) in [4.78, 5) is 17.4. The van der Waals surface area contributed by atoms with Crippen molar-refractivity contribution in [3.63, 3.8) is 0 Å². The molecule has 1 aromatic carbocycles. The van der Waals surface area contributed by atoms with Gasteiger partial charge in [0.05, 0.1) is 11.7 Å². The van der Waals surface area contributed by atoms with E-state index < -0.39 is 10.0 Å². The van der Waals surface area contributed by atoms with E-state index in [2.05, 4.69) is 22.2 Å². The van der Waals surface area contributed by atoms with Crippen molar-refractivity contribution in [1.82, 2.24) is 19.4 Å². The highest BCUT2D eigenvalue weighted by molar-refractivity contribution is 7.89. The van der Waals surface area contributed by atoms with Crippen LogP contribution in [0.1, 0.15) is 31.2 Å². The first-order valence-electron chi connectivity index (χ1n) is 11.6. The molecule has 2 fully saturated rings. The molecule has 7 nitrogen and oxygen atoms in total. The largest absolute Gasteiger partial charge is 0.356 e. The molecule has 0 aromatic heterocycles. The molecular weight excluding hydrogens is 412 g/mol. The van der Waals surface area contributed by atoms with Crippen LogP contribution in [0.5, 0.6) is 0 Å². The lowest BCUT2D eigenvalue weighted by molar-refractivity contribution is -0.126. The minimum Gasteiger partial charge on any atom is -0.356 e. The van der Waals surface area contributed by atoms with Gasteiger partial charge in [0.1, 0.15) is 0 Å². The molecule has 0 saturated carbocycles. The number of hydrogen-bond acceptors (Lipinski definition) is 5. The highest BCUT2D eigenvalue weighted by Gasteiger charge is 2.31. The van der Waals surface area contributed by atoms with Gasteiger partial charge in [0.15, 0.2) is 0 Å². The van der Waals surface area contributed by atoms with Crippen LogP contribution < -0.4 is 5.32 Å². The Balaban J connectivity index is 1.36. The fourth-order valence-electron chi connectivity index (χ4n) is 4.37. The van der Waals surface area contributed by atoms with Gasteiger partial charge in [0.25, 0.3) is 0 Å². The molecule has 0 aliphatic carbocycles. The molecule has 1 atom stereocenters. The second-order valence-corrected chi connectivity index (χ2v) is 11.0. The van der Waals surface area contributed by atoms with E-state index in [1.165, 1.54) is 4.31 Å². The first-order chi connectivity index (χ1) is 14.9. The van der Waals surface area contributed by atoms with E-state index in [1.807, 2.05) is 30.3 Å². The molecule has 1 N–H and O–H groups in total. The maximum atomic E-state index is 12.8. The van der Waals surface area contributed by atoms with Crippen LogP contribution in [0.4, 0.5) is 0 Å². The van der Waals surface area contributed by atoms with Crippen molar-refractivity contribution in [3.05, 3.63) is 35.9 Å². The maximum absolute atomic E-state index is 12.8. The van der Waals surface area contributed by atoms with Crippen LogP contribution in [0, 0.1) is 5.92 Å². The Bertz CT molecular complexity index is 779. The molecule has 3 rings (SSSR count). The summed E-state index contributed by atoms with van der Waals surface area (Å²) in [6.07, 6.45) is 3.80. The van der Waals surface area contributed by atoms with Crippen molar-refractivity contribution in [2.75, 3.05) is 65.2 Å². The molecule has 2 heterocycles. The zero-order chi connectivity index (χ0) is 22.1. The van der Waals surface area contributed by atoms with Crippen molar-refractivity contribution in [2.24, 2.45) is 5.92 Å². The van der Waals surface area contributed by atoms with Gasteiger partial charge in [-0.15, -0.1) is 0 Å². The number of nitrogens with zero attached hydrogens (tertiary/aromatic N) is 3. The molecular formula is C23H38N4O3S. The van der Waals surface area contributed by atoms with Gasteiger partial charge in [-0.05, 0) is 51.3 Å². The smallest absolute Gasteiger partial charge is 0.224 e. The number of nitrogens with one attached hydrogen (secondary N) is 1. The summed E-state index contributed by atoms with van der Waals surface area (Å²) in [5, 5.41) is 3.04. The van der Waals surface area contributed by atoms with E-state index in [-0.39, 0.29) is 17.6 Å². The number of benzene rings is 1. The minimum absolute atomic E-state index is 0.00237. The van der Waals surface area contributed by atoms with Gasteiger partial charge in [-0.3, -0.25) is 4.79 Å². The molecule has 31 heavy (non-hydrogen) atoms. The number of carbonyl (C=O) groups excluding carboxylic acids is 1. The lowest BCUT2D eigenvalue weighted by atomic mass is 9.99. The molecule has 0 bridgehead atoms. The number of rotatable bonds is 10. The van der Waals surface area contributed by atoms with E-state index >= 15 is 0 Å². The fourth-order valence-corrected chi connectivity index (χ4v) is 5.95. The van der Waals surface area contributed by atoms with Crippen molar-refractivity contribution in [2.45, 2.75) is 32.1 Å². The summed E-state index contributed by atoms with van der Waals surface area (Å²) in [6.45, 7) is 6.88. The summed E-state index contributed by atoms with van der Waals surface area (Å²) in [7, 11) is -1.17. The van der Waals surface area contributed by atoms with E-state index in [4.69, 9.17) is 0 Å². The van der Waals surface area contributed by atoms with Gasteiger partial charge in [-0.2, -0.15) is 0 Å². The molecule has 2 aliphatic rings. The number of piperazine rings is 1. The van der Waals surface area contributed by atoms with Crippen molar-refractivity contribution >= 4 is 15.9 Å². The van der Waals surface area contributed by atoms with Crippen molar-refractivity contribution in [3.8, 4) is 0 Å². The second-order valence-electron chi connectivity index (χ2n) is 8.89. The molecule has 0 unspecified atom stereocenters. The van der Waals surface area contributed by atoms with Crippen LogP contribution in [0.15, 0.2) is 30.3 Å². The highest BCUT2D eigenvalue weighted by Crippen LogP contribution is 2.20. The third-order valence-electron chi connectivity index (χ3n) is 6.41. The van der Waals surface area contributed by atoms with Gasteiger partial charge in [-0.25, -0.2) is 12.7 Å². The third-order valence-corrected chi connectivity index (χ3v) is 8.33. The molecule has 2 aliphatic heterocycles. The summed E-state index contributed by atoms with van der Waals surface area (Å²) in [5.41, 5.74) is 1.16. The van der Waals surface area contributed by atoms with Gasteiger partial charge in [-0.1, -0.05) is 30.3 Å². The Labute approximate surface area is 187 Å². The number of amides is 1. The monoisotopic (exact) mass is 450 g/mol. The Morgan fingerprint density at radius 2 is 1.81 bits per heavy atom. The molecule has 174 valence electrons. The number of aryl methyl sites for hydroxylation is 1. The number of likely N-dealkylation sites (N-methyl/N-ethyl adjacent to an activating group) is 1. The molecule has 1 aromatic rings. The third kappa shape index (κ3) is 7.86. The molecule has 1 amide bonds. The van der Waals surface area contributed by atoms with Gasteiger partial charge in [0.2, 0.25) is 15.9 Å². The number of sulfonamides is 1. The SMILES string of the molecule is CN1CCN(CCCNC(=O)[C@H]2CCCN(S(=O)(=O)CCCc3ccccc3)C2)CC1. The first-order valence-corrected chi connectivity index (χ1v) is 13.3. The Hall–Kier alpha value is -1.48. The van der Waals surface area contributed by atoms with E-state index in [0.717, 1.165) is 64.0 Å². The zero-order valence-electron chi connectivity index (χ0n) is 18.8. The molecule has 8 heteroatoms. The van der Waals surface area contributed by atoms with E-state index in [1.54, 1.807) is 0 Å². The van der Waals surface area contributed by atoms with E-state index in [9.17, 15) is 13.2 Å². The highest BCUT2D eigenvalue weighted by atomic mass is 32.2. The first kappa shape index (κ1) is 24.2. The van der Waals surface area contributed by atoms with Crippen molar-refractivity contribution < 1.29 is 13.2 Å². The topological polar surface area (TPSA) is 73.0 Å². The van der Waals surface area contributed by atoms with Crippen LogP contribution in [0.25, 0.3) is 0 Å². The van der Waals surface area contributed by atoms with Crippen molar-refractivity contribution in [1.29, 1.82) is 0 Å². The van der Waals surface area contributed by atoms with Gasteiger partial charge < -0.3 is 15.1 Å². The quantitative estimate of drug-likeness (QED) is 0.546. The number of piperidine rings is 1. The molecule has 0 radical (unpaired) electrons. The maximum Gasteiger partial charge on any atom is 0.224 e. The normalized spacial score (nSPS) is 21.8. The standard InChI is InChI=1S/C23H38N4O3S/c1-25-15-17-26(18-16-25)13-7-12-24-23(28)22-11-5-14-27(20-22)31(29,30)19-6-10-21-8-3-2-4-9-21/h2-4,8-9,22H,5-7,10-20H2,1H3,(H,24,28)/t22-/m0/s1. The Kier molecular flexibility index (Phi) is 9.31. The average Bonchev–Trinajstić information content (AvgIpc) is 2.78. The summed E-state index contributed by atoms with van der Waals surface area (Å²) < 4.78 is 27.1.